The fourth-order valence-corrected chi connectivity index (χ4v) is 1.86. The summed E-state index contributed by atoms with van der Waals surface area (Å²) < 4.78 is 0. The molecule has 1 rings (SSSR count). The fraction of sp³-hybridized carbons (Fsp3) is 0.429. The lowest BCUT2D eigenvalue weighted by Crippen LogP contribution is -2.48. The highest BCUT2D eigenvalue weighted by Crippen LogP contribution is 2.21. The lowest BCUT2D eigenvalue weighted by molar-refractivity contribution is -0.127. The molecule has 1 unspecified atom stereocenters. The molecule has 0 spiro atoms. The molecule has 0 aliphatic rings. The van der Waals surface area contributed by atoms with Gasteiger partial charge in [0.1, 0.15) is 5.41 Å². The van der Waals surface area contributed by atoms with Gasteiger partial charge in [0.2, 0.25) is 5.91 Å². The number of amidine groups is 1. The third-order valence-electron chi connectivity index (χ3n) is 3.49. The molecule has 0 aromatic heterocycles. The van der Waals surface area contributed by atoms with Crippen LogP contribution in [0.5, 0.6) is 0 Å². The second kappa shape index (κ2) is 7.14. The quantitative estimate of drug-likeness (QED) is 0.325. The Morgan fingerprint density at radius 3 is 2.55 bits per heavy atom. The predicted octanol–water partition coefficient (Wildman–Crippen LogP) is 2.16. The third-order valence-corrected chi connectivity index (χ3v) is 3.75. The van der Waals surface area contributed by atoms with Crippen molar-refractivity contribution in [3.63, 3.8) is 0 Å². The number of benzene rings is 1. The van der Waals surface area contributed by atoms with Gasteiger partial charge in [-0.05, 0) is 37.5 Å². The number of carbonyl (C=O) groups excluding carboxylic acids is 1. The number of halogens is 1. The Morgan fingerprint density at radius 2 is 2.05 bits per heavy atom. The molecular formula is C14H20ClN3O2. The molecule has 0 aliphatic heterocycles. The van der Waals surface area contributed by atoms with Crippen molar-refractivity contribution in [1.82, 2.24) is 5.32 Å². The van der Waals surface area contributed by atoms with Gasteiger partial charge in [0.15, 0.2) is 5.84 Å². The Bertz CT molecular complexity index is 488. The minimum atomic E-state index is -0.991. The van der Waals surface area contributed by atoms with Crippen LogP contribution in [0.1, 0.15) is 25.8 Å². The van der Waals surface area contributed by atoms with E-state index in [1.807, 2.05) is 31.2 Å². The Labute approximate surface area is 123 Å². The van der Waals surface area contributed by atoms with E-state index in [-0.39, 0.29) is 11.7 Å². The fourth-order valence-electron chi connectivity index (χ4n) is 1.73. The highest BCUT2D eigenvalue weighted by Gasteiger charge is 2.35. The van der Waals surface area contributed by atoms with Crippen molar-refractivity contribution in [1.29, 1.82) is 0 Å². The highest BCUT2D eigenvalue weighted by molar-refractivity contribution is 6.30. The van der Waals surface area contributed by atoms with E-state index >= 15 is 0 Å². The molecule has 1 amide bonds. The number of amides is 1. The Hall–Kier alpha value is -1.75. The normalized spacial score (nSPS) is 14.7. The topological polar surface area (TPSA) is 87.7 Å². The van der Waals surface area contributed by atoms with Gasteiger partial charge in [0.25, 0.3) is 0 Å². The van der Waals surface area contributed by atoms with Crippen molar-refractivity contribution in [3.8, 4) is 0 Å². The molecule has 0 radical (unpaired) electrons. The van der Waals surface area contributed by atoms with Gasteiger partial charge >= 0.3 is 0 Å². The molecule has 0 bridgehead atoms. The molecular weight excluding hydrogens is 278 g/mol. The van der Waals surface area contributed by atoms with Crippen LogP contribution in [0, 0.1) is 5.41 Å². The van der Waals surface area contributed by atoms with Gasteiger partial charge in [-0.3, -0.25) is 4.79 Å². The van der Waals surface area contributed by atoms with Crippen LogP contribution in [-0.2, 0) is 11.2 Å². The van der Waals surface area contributed by atoms with Crippen molar-refractivity contribution in [2.75, 3.05) is 6.54 Å². The Morgan fingerprint density at radius 1 is 1.45 bits per heavy atom. The van der Waals surface area contributed by atoms with Gasteiger partial charge in [0, 0.05) is 11.6 Å². The van der Waals surface area contributed by atoms with E-state index in [1.165, 1.54) is 0 Å². The van der Waals surface area contributed by atoms with Crippen molar-refractivity contribution >= 4 is 23.3 Å². The molecule has 1 atom stereocenters. The van der Waals surface area contributed by atoms with Gasteiger partial charge in [-0.1, -0.05) is 35.8 Å². The molecule has 20 heavy (non-hydrogen) atoms. The first-order valence-electron chi connectivity index (χ1n) is 6.44. The predicted molar refractivity (Wildman–Crippen MR) is 80.0 cm³/mol. The van der Waals surface area contributed by atoms with Gasteiger partial charge in [-0.2, -0.15) is 0 Å². The monoisotopic (exact) mass is 297 g/mol. The van der Waals surface area contributed by atoms with Crippen LogP contribution in [0.15, 0.2) is 29.4 Å². The number of nitrogens with one attached hydrogen (secondary N) is 1. The average molecular weight is 298 g/mol. The van der Waals surface area contributed by atoms with Gasteiger partial charge < -0.3 is 16.3 Å². The van der Waals surface area contributed by atoms with Crippen LogP contribution in [0.2, 0.25) is 5.02 Å². The first kappa shape index (κ1) is 16.3. The van der Waals surface area contributed by atoms with Crippen molar-refractivity contribution < 1.29 is 10.0 Å². The minimum absolute atomic E-state index is 0.0796. The number of hydrogen-bond acceptors (Lipinski definition) is 3. The molecule has 0 saturated carbocycles. The molecule has 110 valence electrons. The van der Waals surface area contributed by atoms with E-state index in [0.29, 0.717) is 24.4 Å². The Balaban J connectivity index is 2.56. The number of nitrogens with zero attached hydrogens (tertiary/aromatic N) is 1. The van der Waals surface area contributed by atoms with E-state index < -0.39 is 5.41 Å². The van der Waals surface area contributed by atoms with Gasteiger partial charge in [0.05, 0.1) is 0 Å². The lowest BCUT2D eigenvalue weighted by Gasteiger charge is -2.25. The smallest absolute Gasteiger partial charge is 0.233 e. The van der Waals surface area contributed by atoms with Crippen LogP contribution in [-0.4, -0.2) is 23.5 Å². The summed E-state index contributed by atoms with van der Waals surface area (Å²) in [5.74, 6) is -0.326. The zero-order valence-electron chi connectivity index (χ0n) is 11.7. The molecule has 0 aliphatic carbocycles. The zero-order chi connectivity index (χ0) is 15.2. The van der Waals surface area contributed by atoms with Crippen molar-refractivity contribution in [3.05, 3.63) is 34.9 Å². The van der Waals surface area contributed by atoms with Crippen molar-refractivity contribution in [2.24, 2.45) is 16.3 Å². The lowest BCUT2D eigenvalue weighted by atomic mass is 9.85. The molecule has 1 aromatic carbocycles. The number of hydrogen-bond donors (Lipinski definition) is 3. The summed E-state index contributed by atoms with van der Waals surface area (Å²) in [6.45, 7) is 3.95. The molecule has 0 fully saturated rings. The van der Waals surface area contributed by atoms with Crippen LogP contribution >= 0.6 is 11.6 Å². The molecule has 0 saturated heterocycles. The molecule has 6 heteroatoms. The van der Waals surface area contributed by atoms with E-state index in [9.17, 15) is 4.79 Å². The van der Waals surface area contributed by atoms with Crippen LogP contribution in [0.25, 0.3) is 0 Å². The molecule has 4 N–H and O–H groups in total. The number of nitrogens with two attached hydrogens (primary N) is 1. The summed E-state index contributed by atoms with van der Waals surface area (Å²) in [4.78, 5) is 12.1. The second-order valence-corrected chi connectivity index (χ2v) is 5.24. The van der Waals surface area contributed by atoms with Crippen LogP contribution in [0.3, 0.4) is 0 Å². The molecule has 1 aromatic rings. The van der Waals surface area contributed by atoms with E-state index in [1.54, 1.807) is 6.92 Å². The SMILES string of the molecule is CCC(C)(C(=O)NCCc1ccc(Cl)cc1)/C(N)=N/O. The Kier molecular flexibility index (Phi) is 5.82. The average Bonchev–Trinajstić information content (AvgIpc) is 2.47. The standard InChI is InChI=1S/C14H20ClN3O2/c1-3-14(2,12(16)18-20)13(19)17-9-8-10-4-6-11(15)7-5-10/h4-7,20H,3,8-9H2,1-2H3,(H2,16,18)(H,17,19). The second-order valence-electron chi connectivity index (χ2n) is 4.80. The van der Waals surface area contributed by atoms with Crippen LogP contribution < -0.4 is 11.1 Å². The van der Waals surface area contributed by atoms with Gasteiger partial charge in [-0.25, -0.2) is 0 Å². The first-order valence-corrected chi connectivity index (χ1v) is 6.82. The van der Waals surface area contributed by atoms with E-state index in [2.05, 4.69) is 10.5 Å². The molecule has 0 heterocycles. The zero-order valence-corrected chi connectivity index (χ0v) is 12.4. The largest absolute Gasteiger partial charge is 0.409 e. The van der Waals surface area contributed by atoms with Gasteiger partial charge in [-0.15, -0.1) is 0 Å². The van der Waals surface area contributed by atoms with E-state index in [4.69, 9.17) is 22.5 Å². The maximum absolute atomic E-state index is 12.1. The molecule has 5 nitrogen and oxygen atoms in total. The number of carbonyl (C=O) groups is 1. The number of rotatable bonds is 6. The maximum Gasteiger partial charge on any atom is 0.233 e. The summed E-state index contributed by atoms with van der Waals surface area (Å²) in [5.41, 5.74) is 5.68. The van der Waals surface area contributed by atoms with E-state index in [0.717, 1.165) is 5.56 Å². The first-order chi connectivity index (χ1) is 9.43. The summed E-state index contributed by atoms with van der Waals surface area (Å²) in [7, 11) is 0. The minimum Gasteiger partial charge on any atom is -0.409 e. The highest BCUT2D eigenvalue weighted by atomic mass is 35.5. The number of oxime groups is 1. The van der Waals surface area contributed by atoms with Crippen molar-refractivity contribution in [2.45, 2.75) is 26.7 Å². The third kappa shape index (κ3) is 3.87. The summed E-state index contributed by atoms with van der Waals surface area (Å²) >= 11 is 5.81. The van der Waals surface area contributed by atoms with Crippen LogP contribution in [0.4, 0.5) is 0 Å². The summed E-state index contributed by atoms with van der Waals surface area (Å²) in [6.07, 6.45) is 1.15. The summed E-state index contributed by atoms with van der Waals surface area (Å²) in [5, 5.41) is 15.2. The maximum atomic E-state index is 12.1. The summed E-state index contributed by atoms with van der Waals surface area (Å²) in [6, 6.07) is 7.45.